The molecule has 0 spiro atoms. The molecule has 0 aliphatic carbocycles. The van der Waals surface area contributed by atoms with Crippen molar-refractivity contribution >= 4 is 47.6 Å². The molecule has 1 aromatic rings. The smallest absolute Gasteiger partial charge is 0.251 e. The molecule has 0 saturated heterocycles. The Bertz CT molecular complexity index is 479. The number of hydrogen-bond donors (Lipinski definition) is 3. The molecule has 1 rings (SSSR count). The maximum absolute atomic E-state index is 11.5. The molecular formula is C16H27IN4OS. The first-order chi connectivity index (χ1) is 10.7. The molecule has 0 aliphatic heterocycles. The number of unbranched alkanes of at least 4 members (excludes halogenated alkanes) is 1. The molecule has 0 unspecified atom stereocenters. The van der Waals surface area contributed by atoms with Gasteiger partial charge in [-0.1, -0.05) is 12.1 Å². The number of nitrogens with zero attached hydrogens (tertiary/aromatic N) is 1. The predicted molar refractivity (Wildman–Crippen MR) is 111 cm³/mol. The summed E-state index contributed by atoms with van der Waals surface area (Å²) in [6.45, 7) is 1.61. The second-order valence-corrected chi connectivity index (χ2v) is 5.81. The van der Waals surface area contributed by atoms with Gasteiger partial charge in [0.05, 0.1) is 0 Å². The van der Waals surface area contributed by atoms with E-state index in [1.807, 2.05) is 36.0 Å². The minimum Gasteiger partial charge on any atom is -0.356 e. The fourth-order valence-electron chi connectivity index (χ4n) is 1.90. The van der Waals surface area contributed by atoms with E-state index in [-0.39, 0.29) is 29.9 Å². The van der Waals surface area contributed by atoms with Gasteiger partial charge >= 0.3 is 0 Å². The standard InChI is InChI=1S/C16H26N4OS.HI/c1-17-15(21)14-8-6-13(7-9-14)12-20-16(18-2)19-10-4-5-11-22-3;/h6-9H,4-5,10-12H2,1-3H3,(H,17,21)(H2,18,19,20);1H. The third-order valence-corrected chi connectivity index (χ3v) is 3.89. The zero-order valence-corrected chi connectivity index (χ0v) is 17.2. The summed E-state index contributed by atoms with van der Waals surface area (Å²) in [4.78, 5) is 15.7. The number of halogens is 1. The SMILES string of the molecule is CN=C(NCCCCSC)NCc1ccc(C(=O)NC)cc1.I. The molecule has 0 bridgehead atoms. The summed E-state index contributed by atoms with van der Waals surface area (Å²) in [5, 5.41) is 9.19. The highest BCUT2D eigenvalue weighted by Gasteiger charge is 2.03. The van der Waals surface area contributed by atoms with Crippen molar-refractivity contribution < 1.29 is 4.79 Å². The Kier molecular flexibility index (Phi) is 12.9. The summed E-state index contributed by atoms with van der Waals surface area (Å²) in [6, 6.07) is 7.55. The first kappa shape index (κ1) is 22.0. The van der Waals surface area contributed by atoms with E-state index in [1.165, 1.54) is 12.2 Å². The molecule has 0 radical (unpaired) electrons. The van der Waals surface area contributed by atoms with Gasteiger partial charge in [0.1, 0.15) is 0 Å². The molecule has 0 fully saturated rings. The van der Waals surface area contributed by atoms with Crippen molar-refractivity contribution in [2.45, 2.75) is 19.4 Å². The van der Waals surface area contributed by atoms with Crippen LogP contribution in [0.4, 0.5) is 0 Å². The highest BCUT2D eigenvalue weighted by Crippen LogP contribution is 2.04. The molecule has 0 atom stereocenters. The lowest BCUT2D eigenvalue weighted by atomic mass is 10.1. The Morgan fingerprint density at radius 2 is 1.87 bits per heavy atom. The summed E-state index contributed by atoms with van der Waals surface area (Å²) >= 11 is 1.88. The van der Waals surface area contributed by atoms with E-state index < -0.39 is 0 Å². The van der Waals surface area contributed by atoms with Crippen LogP contribution in [0.5, 0.6) is 0 Å². The van der Waals surface area contributed by atoms with Crippen LogP contribution >= 0.6 is 35.7 Å². The van der Waals surface area contributed by atoms with Gasteiger partial charge in [-0.25, -0.2) is 0 Å². The first-order valence-electron chi connectivity index (χ1n) is 7.45. The first-order valence-corrected chi connectivity index (χ1v) is 8.85. The van der Waals surface area contributed by atoms with Crippen LogP contribution in [-0.2, 0) is 6.54 Å². The zero-order valence-electron chi connectivity index (χ0n) is 14.0. The number of rotatable bonds is 8. The molecule has 130 valence electrons. The van der Waals surface area contributed by atoms with Gasteiger partial charge in [0.15, 0.2) is 5.96 Å². The Balaban J connectivity index is 0.00000484. The van der Waals surface area contributed by atoms with Crippen LogP contribution in [0, 0.1) is 0 Å². The maximum Gasteiger partial charge on any atom is 0.251 e. The summed E-state index contributed by atoms with van der Waals surface area (Å²) in [7, 11) is 3.40. The predicted octanol–water partition coefficient (Wildman–Crippen LogP) is 2.47. The van der Waals surface area contributed by atoms with Crippen molar-refractivity contribution in [3.05, 3.63) is 35.4 Å². The Labute approximate surface area is 160 Å². The molecule has 3 N–H and O–H groups in total. The minimum absolute atomic E-state index is 0. The molecule has 0 saturated carbocycles. The highest BCUT2D eigenvalue weighted by atomic mass is 127. The Morgan fingerprint density at radius 3 is 2.43 bits per heavy atom. The summed E-state index contributed by atoms with van der Waals surface area (Å²) in [5.74, 6) is 1.94. The number of hydrogen-bond acceptors (Lipinski definition) is 3. The van der Waals surface area contributed by atoms with Crippen LogP contribution in [-0.4, -0.2) is 44.5 Å². The van der Waals surface area contributed by atoms with Crippen LogP contribution in [0.15, 0.2) is 29.3 Å². The minimum atomic E-state index is -0.0674. The van der Waals surface area contributed by atoms with Gasteiger partial charge in [-0.15, -0.1) is 24.0 Å². The number of amides is 1. The van der Waals surface area contributed by atoms with Crippen LogP contribution in [0.2, 0.25) is 0 Å². The highest BCUT2D eigenvalue weighted by molar-refractivity contribution is 14.0. The van der Waals surface area contributed by atoms with Crippen LogP contribution in [0.3, 0.4) is 0 Å². The Morgan fingerprint density at radius 1 is 1.17 bits per heavy atom. The number of thioether (sulfide) groups is 1. The van der Waals surface area contributed by atoms with E-state index in [2.05, 4.69) is 27.2 Å². The van der Waals surface area contributed by atoms with Crippen molar-refractivity contribution in [2.24, 2.45) is 4.99 Å². The average molecular weight is 450 g/mol. The molecule has 0 heterocycles. The van der Waals surface area contributed by atoms with Gasteiger partial charge in [-0.2, -0.15) is 11.8 Å². The molecule has 5 nitrogen and oxygen atoms in total. The van der Waals surface area contributed by atoms with E-state index in [4.69, 9.17) is 0 Å². The summed E-state index contributed by atoms with van der Waals surface area (Å²) in [5.41, 5.74) is 1.78. The zero-order chi connectivity index (χ0) is 16.2. The van der Waals surface area contributed by atoms with Crippen molar-refractivity contribution in [3.8, 4) is 0 Å². The average Bonchev–Trinajstić information content (AvgIpc) is 2.57. The van der Waals surface area contributed by atoms with E-state index in [0.29, 0.717) is 12.1 Å². The number of benzene rings is 1. The van der Waals surface area contributed by atoms with Gasteiger partial charge in [0.25, 0.3) is 5.91 Å². The lowest BCUT2D eigenvalue weighted by molar-refractivity contribution is 0.0963. The molecule has 7 heteroatoms. The van der Waals surface area contributed by atoms with Crippen molar-refractivity contribution in [1.82, 2.24) is 16.0 Å². The van der Waals surface area contributed by atoms with Gasteiger partial charge in [0.2, 0.25) is 0 Å². The lowest BCUT2D eigenvalue weighted by Crippen LogP contribution is -2.37. The fourth-order valence-corrected chi connectivity index (χ4v) is 2.40. The second kappa shape index (κ2) is 13.5. The van der Waals surface area contributed by atoms with Gasteiger partial charge in [-0.05, 0) is 42.5 Å². The van der Waals surface area contributed by atoms with Gasteiger partial charge in [0, 0.05) is 32.7 Å². The monoisotopic (exact) mass is 450 g/mol. The maximum atomic E-state index is 11.5. The third-order valence-electron chi connectivity index (χ3n) is 3.19. The van der Waals surface area contributed by atoms with Crippen molar-refractivity contribution in [1.29, 1.82) is 0 Å². The Hall–Kier alpha value is -0.960. The molecular weight excluding hydrogens is 423 g/mol. The van der Waals surface area contributed by atoms with E-state index in [1.54, 1.807) is 14.1 Å². The number of guanidine groups is 1. The largest absolute Gasteiger partial charge is 0.356 e. The van der Waals surface area contributed by atoms with E-state index in [0.717, 1.165) is 24.5 Å². The van der Waals surface area contributed by atoms with Crippen molar-refractivity contribution in [2.75, 3.05) is 32.6 Å². The molecule has 1 amide bonds. The topological polar surface area (TPSA) is 65.5 Å². The van der Waals surface area contributed by atoms with Crippen LogP contribution < -0.4 is 16.0 Å². The number of nitrogens with one attached hydrogen (secondary N) is 3. The molecule has 0 aromatic heterocycles. The number of carbonyl (C=O) groups excluding carboxylic acids is 1. The third kappa shape index (κ3) is 9.04. The van der Waals surface area contributed by atoms with E-state index >= 15 is 0 Å². The van der Waals surface area contributed by atoms with E-state index in [9.17, 15) is 4.79 Å². The quantitative estimate of drug-likeness (QED) is 0.247. The second-order valence-electron chi connectivity index (χ2n) is 4.83. The van der Waals surface area contributed by atoms with Gasteiger partial charge < -0.3 is 16.0 Å². The molecule has 1 aromatic carbocycles. The van der Waals surface area contributed by atoms with Gasteiger partial charge in [-0.3, -0.25) is 9.79 Å². The number of aliphatic imine (C=N–C) groups is 1. The van der Waals surface area contributed by atoms with Crippen LogP contribution in [0.25, 0.3) is 0 Å². The molecule has 23 heavy (non-hydrogen) atoms. The summed E-state index contributed by atoms with van der Waals surface area (Å²) in [6.07, 6.45) is 4.48. The summed E-state index contributed by atoms with van der Waals surface area (Å²) < 4.78 is 0. The van der Waals surface area contributed by atoms with Crippen LogP contribution in [0.1, 0.15) is 28.8 Å². The number of carbonyl (C=O) groups is 1. The van der Waals surface area contributed by atoms with Crippen molar-refractivity contribution in [3.63, 3.8) is 0 Å². The molecule has 0 aliphatic rings. The normalized spacial score (nSPS) is 10.7. The lowest BCUT2D eigenvalue weighted by Gasteiger charge is -2.12. The fraction of sp³-hybridized carbons (Fsp3) is 0.500.